The van der Waals surface area contributed by atoms with Gasteiger partial charge in [-0.2, -0.15) is 0 Å². The Labute approximate surface area is 110 Å². The Kier molecular flexibility index (Phi) is 4.95. The lowest BCUT2D eigenvalue weighted by Gasteiger charge is -2.13. The van der Waals surface area contributed by atoms with Crippen molar-refractivity contribution in [1.29, 1.82) is 0 Å². The van der Waals surface area contributed by atoms with Gasteiger partial charge in [-0.3, -0.25) is 4.98 Å². The lowest BCUT2D eigenvalue weighted by Crippen LogP contribution is -2.15. The molecule has 0 bridgehead atoms. The van der Waals surface area contributed by atoms with Crippen LogP contribution in [-0.4, -0.2) is 28.9 Å². The molecule has 0 saturated carbocycles. The molecule has 0 aromatic carbocycles. The number of rotatable bonds is 5. The maximum Gasteiger partial charge on any atom is 0.0582 e. The minimum atomic E-state index is -0.296. The summed E-state index contributed by atoms with van der Waals surface area (Å²) >= 11 is 3.38. The summed E-state index contributed by atoms with van der Waals surface area (Å²) in [5.74, 6) is 0. The first-order valence-electron chi connectivity index (χ1n) is 6.13. The van der Waals surface area contributed by atoms with Crippen molar-refractivity contribution < 1.29 is 9.84 Å². The average molecular weight is 300 g/mol. The van der Waals surface area contributed by atoms with Crippen molar-refractivity contribution >= 4 is 15.9 Å². The smallest absolute Gasteiger partial charge is 0.0582 e. The molecule has 1 saturated heterocycles. The predicted octanol–water partition coefficient (Wildman–Crippen LogP) is 2.71. The summed E-state index contributed by atoms with van der Waals surface area (Å²) in [6.45, 7) is 0.885. The highest BCUT2D eigenvalue weighted by Crippen LogP contribution is 2.19. The van der Waals surface area contributed by atoms with E-state index in [1.165, 1.54) is 0 Å². The van der Waals surface area contributed by atoms with Crippen molar-refractivity contribution in [3.63, 3.8) is 0 Å². The van der Waals surface area contributed by atoms with Crippen LogP contribution in [-0.2, 0) is 11.2 Å². The molecule has 1 aliphatic heterocycles. The van der Waals surface area contributed by atoms with Crippen LogP contribution in [0.2, 0.25) is 0 Å². The van der Waals surface area contributed by atoms with E-state index in [-0.39, 0.29) is 6.10 Å². The van der Waals surface area contributed by atoms with Gasteiger partial charge in [0, 0.05) is 23.5 Å². The van der Waals surface area contributed by atoms with Gasteiger partial charge in [0.15, 0.2) is 0 Å². The van der Waals surface area contributed by atoms with Crippen LogP contribution in [0, 0.1) is 0 Å². The average Bonchev–Trinajstić information content (AvgIpc) is 2.79. The van der Waals surface area contributed by atoms with Gasteiger partial charge in [0.25, 0.3) is 0 Å². The molecule has 2 atom stereocenters. The van der Waals surface area contributed by atoms with Crippen molar-refractivity contribution in [2.24, 2.45) is 0 Å². The van der Waals surface area contributed by atoms with Crippen LogP contribution < -0.4 is 0 Å². The van der Waals surface area contributed by atoms with Gasteiger partial charge in [0.2, 0.25) is 0 Å². The summed E-state index contributed by atoms with van der Waals surface area (Å²) in [6.07, 6.45) is 8.36. The Balaban J connectivity index is 1.74. The molecular formula is C13H18BrNO2. The molecule has 1 aromatic rings. The SMILES string of the molecule is OC(CCC1CCCO1)Cc1cncc(Br)c1. The maximum atomic E-state index is 9.96. The van der Waals surface area contributed by atoms with Crippen LogP contribution in [0.15, 0.2) is 22.9 Å². The first kappa shape index (κ1) is 13.0. The molecule has 2 heterocycles. The molecule has 3 nitrogen and oxygen atoms in total. The zero-order valence-corrected chi connectivity index (χ0v) is 11.4. The Morgan fingerprint density at radius 2 is 2.41 bits per heavy atom. The fourth-order valence-corrected chi connectivity index (χ4v) is 2.60. The molecule has 0 amide bonds. The third kappa shape index (κ3) is 4.37. The van der Waals surface area contributed by atoms with Crippen molar-refractivity contribution in [2.45, 2.75) is 44.3 Å². The number of hydrogen-bond acceptors (Lipinski definition) is 3. The maximum absolute atomic E-state index is 9.96. The van der Waals surface area contributed by atoms with Gasteiger partial charge in [-0.05, 0) is 59.7 Å². The first-order valence-corrected chi connectivity index (χ1v) is 6.92. The molecule has 1 N–H and O–H groups in total. The van der Waals surface area contributed by atoms with E-state index in [1.807, 2.05) is 6.07 Å². The van der Waals surface area contributed by atoms with Crippen LogP contribution in [0.3, 0.4) is 0 Å². The molecule has 0 aliphatic carbocycles. The Hall–Kier alpha value is -0.450. The molecule has 17 heavy (non-hydrogen) atoms. The largest absolute Gasteiger partial charge is 0.393 e. The van der Waals surface area contributed by atoms with Crippen LogP contribution in [0.4, 0.5) is 0 Å². The van der Waals surface area contributed by atoms with Gasteiger partial charge in [0.05, 0.1) is 12.2 Å². The number of aromatic nitrogens is 1. The summed E-state index contributed by atoms with van der Waals surface area (Å²) in [6, 6.07) is 2.00. The Morgan fingerprint density at radius 1 is 1.53 bits per heavy atom. The van der Waals surface area contributed by atoms with Gasteiger partial charge >= 0.3 is 0 Å². The highest BCUT2D eigenvalue weighted by molar-refractivity contribution is 9.10. The first-order chi connectivity index (χ1) is 8.24. The van der Waals surface area contributed by atoms with Gasteiger partial charge in [-0.15, -0.1) is 0 Å². The van der Waals surface area contributed by atoms with Crippen molar-refractivity contribution in [3.05, 3.63) is 28.5 Å². The lowest BCUT2D eigenvalue weighted by atomic mass is 10.0. The summed E-state index contributed by atoms with van der Waals surface area (Å²) in [5.41, 5.74) is 1.07. The van der Waals surface area contributed by atoms with Crippen LogP contribution >= 0.6 is 15.9 Å². The molecule has 4 heteroatoms. The van der Waals surface area contributed by atoms with E-state index in [2.05, 4.69) is 20.9 Å². The second-order valence-corrected chi connectivity index (χ2v) is 5.50. The zero-order valence-electron chi connectivity index (χ0n) is 9.81. The molecule has 2 rings (SSSR count). The standard InChI is InChI=1S/C13H18BrNO2/c14-11-6-10(8-15-9-11)7-12(16)3-4-13-2-1-5-17-13/h6,8-9,12-13,16H,1-5,7H2. The number of pyridine rings is 1. The molecular weight excluding hydrogens is 282 g/mol. The third-order valence-electron chi connectivity index (χ3n) is 3.08. The van der Waals surface area contributed by atoms with E-state index in [4.69, 9.17) is 4.74 Å². The molecule has 1 aliphatic rings. The fraction of sp³-hybridized carbons (Fsp3) is 0.615. The van der Waals surface area contributed by atoms with Crippen molar-refractivity contribution in [2.75, 3.05) is 6.61 Å². The van der Waals surface area contributed by atoms with E-state index >= 15 is 0 Å². The molecule has 94 valence electrons. The van der Waals surface area contributed by atoms with Crippen molar-refractivity contribution in [1.82, 2.24) is 4.98 Å². The van der Waals surface area contributed by atoms with E-state index in [1.54, 1.807) is 12.4 Å². The number of ether oxygens (including phenoxy) is 1. The number of aliphatic hydroxyl groups is 1. The highest BCUT2D eigenvalue weighted by Gasteiger charge is 2.17. The number of hydrogen-bond donors (Lipinski definition) is 1. The summed E-state index contributed by atoms with van der Waals surface area (Å²) < 4.78 is 6.50. The lowest BCUT2D eigenvalue weighted by molar-refractivity contribution is 0.0813. The van der Waals surface area contributed by atoms with E-state index in [0.717, 1.165) is 42.3 Å². The van der Waals surface area contributed by atoms with Gasteiger partial charge in [-0.1, -0.05) is 0 Å². The number of nitrogens with zero attached hydrogens (tertiary/aromatic N) is 1. The Bertz CT molecular complexity index is 353. The predicted molar refractivity (Wildman–Crippen MR) is 69.9 cm³/mol. The minimum Gasteiger partial charge on any atom is -0.393 e. The number of halogens is 1. The summed E-state index contributed by atoms with van der Waals surface area (Å²) in [5, 5.41) is 9.96. The van der Waals surface area contributed by atoms with Crippen LogP contribution in [0.1, 0.15) is 31.2 Å². The van der Waals surface area contributed by atoms with Crippen LogP contribution in [0.25, 0.3) is 0 Å². The highest BCUT2D eigenvalue weighted by atomic mass is 79.9. The molecule has 1 fully saturated rings. The zero-order chi connectivity index (χ0) is 12.1. The fourth-order valence-electron chi connectivity index (χ4n) is 2.19. The van der Waals surface area contributed by atoms with Gasteiger partial charge in [0.1, 0.15) is 0 Å². The Morgan fingerprint density at radius 3 is 3.12 bits per heavy atom. The van der Waals surface area contributed by atoms with Gasteiger partial charge in [-0.25, -0.2) is 0 Å². The summed E-state index contributed by atoms with van der Waals surface area (Å²) in [4.78, 5) is 4.09. The molecule has 1 aromatic heterocycles. The molecule has 0 radical (unpaired) electrons. The topological polar surface area (TPSA) is 42.4 Å². The van der Waals surface area contributed by atoms with E-state index in [0.29, 0.717) is 12.5 Å². The molecule has 2 unspecified atom stereocenters. The third-order valence-corrected chi connectivity index (χ3v) is 3.51. The number of aliphatic hydroxyl groups excluding tert-OH is 1. The van der Waals surface area contributed by atoms with Crippen molar-refractivity contribution in [3.8, 4) is 0 Å². The minimum absolute atomic E-state index is 0.296. The van der Waals surface area contributed by atoms with E-state index in [9.17, 15) is 5.11 Å². The monoisotopic (exact) mass is 299 g/mol. The normalized spacial score (nSPS) is 21.6. The van der Waals surface area contributed by atoms with Gasteiger partial charge < -0.3 is 9.84 Å². The van der Waals surface area contributed by atoms with E-state index < -0.39 is 0 Å². The quantitative estimate of drug-likeness (QED) is 0.909. The van der Waals surface area contributed by atoms with Crippen LogP contribution in [0.5, 0.6) is 0 Å². The second-order valence-electron chi connectivity index (χ2n) is 4.58. The second kappa shape index (κ2) is 6.47. The molecule has 0 spiro atoms. The summed E-state index contributed by atoms with van der Waals surface area (Å²) in [7, 11) is 0.